The van der Waals surface area contributed by atoms with Crippen LogP contribution in [0.2, 0.25) is 0 Å². The molecule has 7 heteroatoms. The molecule has 5 nitrogen and oxygen atoms in total. The minimum atomic E-state index is -1.68. The molecule has 2 aromatic rings. The monoisotopic (exact) mass is 385 g/mol. The van der Waals surface area contributed by atoms with E-state index in [1.807, 2.05) is 11.0 Å². The molecule has 1 atom stereocenters. The zero-order valence-electron chi connectivity index (χ0n) is 15.5. The third kappa shape index (κ3) is 4.35. The number of hydrogen-bond donors (Lipinski definition) is 2. The lowest BCUT2D eigenvalue weighted by molar-refractivity contribution is -0.134. The molecule has 0 spiro atoms. The summed E-state index contributed by atoms with van der Waals surface area (Å²) < 4.78 is 26.4. The van der Waals surface area contributed by atoms with Crippen molar-refractivity contribution in [3.8, 4) is 6.07 Å². The van der Waals surface area contributed by atoms with Crippen LogP contribution in [0.15, 0.2) is 36.4 Å². The zero-order valence-corrected chi connectivity index (χ0v) is 15.5. The van der Waals surface area contributed by atoms with Crippen LogP contribution in [-0.2, 0) is 24.4 Å². The molecule has 0 aliphatic carbocycles. The number of nitrogens with one attached hydrogen (secondary N) is 1. The Bertz CT molecular complexity index is 938. The lowest BCUT2D eigenvalue weighted by atomic mass is 9.97. The van der Waals surface area contributed by atoms with Gasteiger partial charge < -0.3 is 10.4 Å². The molecule has 0 saturated carbocycles. The van der Waals surface area contributed by atoms with Crippen molar-refractivity contribution in [1.29, 1.82) is 5.26 Å². The number of carbonyl (C=O) groups excluding carboxylic acids is 1. The second kappa shape index (κ2) is 8.05. The molecular weight excluding hydrogens is 364 g/mol. The lowest BCUT2D eigenvalue weighted by Gasteiger charge is -2.34. The highest BCUT2D eigenvalue weighted by Crippen LogP contribution is 2.23. The van der Waals surface area contributed by atoms with Crippen molar-refractivity contribution < 1.29 is 18.7 Å². The van der Waals surface area contributed by atoms with Crippen LogP contribution in [0.5, 0.6) is 0 Å². The number of anilines is 1. The third-order valence-electron chi connectivity index (χ3n) is 4.91. The first kappa shape index (κ1) is 19.9. The summed E-state index contributed by atoms with van der Waals surface area (Å²) in [5.74, 6) is -0.888. The zero-order chi connectivity index (χ0) is 20.3. The van der Waals surface area contributed by atoms with Gasteiger partial charge in [-0.25, -0.2) is 8.78 Å². The van der Waals surface area contributed by atoms with Gasteiger partial charge in [-0.1, -0.05) is 6.07 Å². The first-order valence-corrected chi connectivity index (χ1v) is 8.95. The summed E-state index contributed by atoms with van der Waals surface area (Å²) >= 11 is 0. The Labute approximate surface area is 162 Å². The maximum atomic E-state index is 13.3. The van der Waals surface area contributed by atoms with Crippen LogP contribution in [-0.4, -0.2) is 34.6 Å². The molecule has 28 heavy (non-hydrogen) atoms. The number of amides is 1. The Kier molecular flexibility index (Phi) is 5.73. The van der Waals surface area contributed by atoms with E-state index in [0.29, 0.717) is 25.2 Å². The Morgan fingerprint density at radius 3 is 2.82 bits per heavy atom. The van der Waals surface area contributed by atoms with Gasteiger partial charge in [0.15, 0.2) is 5.60 Å². The largest absolute Gasteiger partial charge is 0.379 e. The summed E-state index contributed by atoms with van der Waals surface area (Å²) in [5, 5.41) is 22.2. The van der Waals surface area contributed by atoms with E-state index >= 15 is 0 Å². The highest BCUT2D eigenvalue weighted by molar-refractivity contribution is 5.97. The van der Waals surface area contributed by atoms with E-state index in [1.54, 1.807) is 6.07 Å². The van der Waals surface area contributed by atoms with Gasteiger partial charge in [-0.15, -0.1) is 0 Å². The van der Waals surface area contributed by atoms with Gasteiger partial charge in [-0.05, 0) is 54.8 Å². The second-order valence-corrected chi connectivity index (χ2v) is 7.22. The Morgan fingerprint density at radius 2 is 2.11 bits per heavy atom. The quantitative estimate of drug-likeness (QED) is 0.830. The number of carbonyl (C=O) groups is 1. The van der Waals surface area contributed by atoms with Crippen LogP contribution in [0.1, 0.15) is 29.2 Å². The fourth-order valence-electron chi connectivity index (χ4n) is 3.38. The van der Waals surface area contributed by atoms with Crippen LogP contribution in [0, 0.1) is 17.1 Å². The predicted octanol–water partition coefficient (Wildman–Crippen LogP) is 2.91. The first-order chi connectivity index (χ1) is 13.3. The fourth-order valence-corrected chi connectivity index (χ4v) is 3.38. The number of rotatable bonds is 5. The van der Waals surface area contributed by atoms with Gasteiger partial charge in [0, 0.05) is 30.9 Å². The molecule has 1 heterocycles. The minimum absolute atomic E-state index is 0.0991. The Morgan fingerprint density at radius 1 is 1.32 bits per heavy atom. The number of nitrogens with zero attached hydrogens (tertiary/aromatic N) is 2. The number of nitriles is 1. The maximum absolute atomic E-state index is 13.3. The number of alkyl halides is 1. The van der Waals surface area contributed by atoms with Crippen molar-refractivity contribution >= 4 is 11.6 Å². The average Bonchev–Trinajstić information content (AvgIpc) is 2.67. The van der Waals surface area contributed by atoms with Crippen LogP contribution in [0.3, 0.4) is 0 Å². The molecule has 0 aromatic heterocycles. The molecule has 3 rings (SSSR count). The molecule has 0 bridgehead atoms. The molecular formula is C21H21F2N3O2. The van der Waals surface area contributed by atoms with Gasteiger partial charge in [-0.2, -0.15) is 5.26 Å². The SMILES string of the molecule is C[C@](O)(CN1CCc2cc(F)ccc2C1)C(=O)Nc1ccc(C#N)c(CF)c1. The van der Waals surface area contributed by atoms with E-state index in [0.717, 1.165) is 11.1 Å². The van der Waals surface area contributed by atoms with Gasteiger partial charge in [0.1, 0.15) is 12.5 Å². The van der Waals surface area contributed by atoms with Crippen molar-refractivity contribution in [2.75, 3.05) is 18.4 Å². The normalized spacial score (nSPS) is 16.0. The summed E-state index contributed by atoms with van der Waals surface area (Å²) in [6.45, 7) is 1.81. The summed E-state index contributed by atoms with van der Waals surface area (Å²) in [6, 6.07) is 10.9. The van der Waals surface area contributed by atoms with E-state index in [1.165, 1.54) is 37.3 Å². The van der Waals surface area contributed by atoms with E-state index in [2.05, 4.69) is 5.32 Å². The smallest absolute Gasteiger partial charge is 0.257 e. The molecule has 1 amide bonds. The van der Waals surface area contributed by atoms with E-state index < -0.39 is 18.2 Å². The molecule has 2 aromatic carbocycles. The third-order valence-corrected chi connectivity index (χ3v) is 4.91. The standard InChI is InChI=1S/C21H21F2N3O2/c1-21(28,13-26-7-6-14-8-18(23)4-2-16(14)12-26)20(27)25-19-5-3-15(11-24)17(9-19)10-22/h2-5,8-9,28H,6-7,10,12-13H2,1H3,(H,25,27)/t21-/m0/s1. The number of aliphatic hydroxyl groups is 1. The van der Waals surface area contributed by atoms with Crippen LogP contribution in [0.4, 0.5) is 14.5 Å². The van der Waals surface area contributed by atoms with E-state index in [4.69, 9.17) is 5.26 Å². The van der Waals surface area contributed by atoms with Crippen molar-refractivity contribution in [2.45, 2.75) is 32.2 Å². The molecule has 0 fully saturated rings. The minimum Gasteiger partial charge on any atom is -0.379 e. The highest BCUT2D eigenvalue weighted by Gasteiger charge is 2.34. The first-order valence-electron chi connectivity index (χ1n) is 8.95. The summed E-state index contributed by atoms with van der Waals surface area (Å²) in [7, 11) is 0. The number of halogens is 2. The number of β-amino-alcohol motifs (C(OH)–C–C–N with tert-alkyl or cyclic N) is 1. The summed E-state index contributed by atoms with van der Waals surface area (Å²) in [4.78, 5) is 14.5. The van der Waals surface area contributed by atoms with Crippen molar-refractivity contribution in [3.05, 3.63) is 64.5 Å². The van der Waals surface area contributed by atoms with Gasteiger partial charge in [-0.3, -0.25) is 9.69 Å². The van der Waals surface area contributed by atoms with Crippen molar-refractivity contribution in [2.24, 2.45) is 0 Å². The van der Waals surface area contributed by atoms with Crippen LogP contribution in [0.25, 0.3) is 0 Å². The summed E-state index contributed by atoms with van der Waals surface area (Å²) in [5.41, 5.74) is 0.938. The van der Waals surface area contributed by atoms with Gasteiger partial charge >= 0.3 is 0 Å². The molecule has 0 saturated heterocycles. The van der Waals surface area contributed by atoms with Gasteiger partial charge in [0.25, 0.3) is 5.91 Å². The maximum Gasteiger partial charge on any atom is 0.257 e. The fraction of sp³-hybridized carbons (Fsp3) is 0.333. The van der Waals surface area contributed by atoms with E-state index in [-0.39, 0.29) is 23.5 Å². The second-order valence-electron chi connectivity index (χ2n) is 7.22. The molecule has 0 unspecified atom stereocenters. The van der Waals surface area contributed by atoms with Gasteiger partial charge in [0.05, 0.1) is 11.6 Å². The topological polar surface area (TPSA) is 76.4 Å². The predicted molar refractivity (Wildman–Crippen MR) is 101 cm³/mol. The number of benzene rings is 2. The average molecular weight is 385 g/mol. The molecule has 0 radical (unpaired) electrons. The molecule has 1 aliphatic rings. The summed E-state index contributed by atoms with van der Waals surface area (Å²) in [6.07, 6.45) is 0.639. The lowest BCUT2D eigenvalue weighted by Crippen LogP contribution is -2.50. The van der Waals surface area contributed by atoms with Crippen LogP contribution < -0.4 is 5.32 Å². The van der Waals surface area contributed by atoms with Crippen LogP contribution >= 0.6 is 0 Å². The molecule has 146 valence electrons. The van der Waals surface area contributed by atoms with Crippen molar-refractivity contribution in [1.82, 2.24) is 4.90 Å². The number of hydrogen-bond acceptors (Lipinski definition) is 4. The van der Waals surface area contributed by atoms with Gasteiger partial charge in [0.2, 0.25) is 0 Å². The number of fused-ring (bicyclic) bond motifs is 1. The molecule has 1 aliphatic heterocycles. The van der Waals surface area contributed by atoms with Crippen molar-refractivity contribution in [3.63, 3.8) is 0 Å². The van der Waals surface area contributed by atoms with E-state index in [9.17, 15) is 18.7 Å². The Balaban J connectivity index is 1.67. The highest BCUT2D eigenvalue weighted by atomic mass is 19.1. The Hall–Kier alpha value is -2.82. The molecule has 2 N–H and O–H groups in total.